The number of sulfonamides is 1. The molecule has 0 saturated carbocycles. The van der Waals surface area contributed by atoms with Gasteiger partial charge in [0.25, 0.3) is 0 Å². The number of halogens is 1. The van der Waals surface area contributed by atoms with Crippen LogP contribution >= 0.6 is 0 Å². The molecule has 0 saturated heterocycles. The Bertz CT molecular complexity index is 601. The second-order valence-electron chi connectivity index (χ2n) is 6.41. The van der Waals surface area contributed by atoms with E-state index in [9.17, 15) is 17.6 Å². The van der Waals surface area contributed by atoms with Crippen LogP contribution in [0.4, 0.5) is 4.39 Å². The molecule has 0 heterocycles. The van der Waals surface area contributed by atoms with E-state index in [0.29, 0.717) is 0 Å². The maximum absolute atomic E-state index is 12.9. The van der Waals surface area contributed by atoms with E-state index < -0.39 is 27.3 Å². The molecule has 0 bridgehead atoms. The molecule has 1 aromatic carbocycles. The summed E-state index contributed by atoms with van der Waals surface area (Å²) >= 11 is 0. The number of benzene rings is 1. The van der Waals surface area contributed by atoms with Crippen LogP contribution in [0.1, 0.15) is 34.6 Å². The van der Waals surface area contributed by atoms with Crippen molar-refractivity contribution in [2.24, 2.45) is 11.3 Å². The summed E-state index contributed by atoms with van der Waals surface area (Å²) in [5, 5.41) is 0. The SMILES string of the molecule is CC(C)C(NS(=O)(=O)c1ccc(F)cc1)C(=O)C(C)(C)C. The number of hydrogen-bond donors (Lipinski definition) is 1. The monoisotopic (exact) mass is 315 g/mol. The van der Waals surface area contributed by atoms with Gasteiger partial charge in [-0.15, -0.1) is 0 Å². The second-order valence-corrected chi connectivity index (χ2v) is 8.13. The molecule has 4 nitrogen and oxygen atoms in total. The largest absolute Gasteiger partial charge is 0.297 e. The molecule has 1 rings (SSSR count). The topological polar surface area (TPSA) is 63.2 Å². The summed E-state index contributed by atoms with van der Waals surface area (Å²) in [6.45, 7) is 8.80. The molecule has 1 unspecified atom stereocenters. The number of carbonyl (C=O) groups is 1. The lowest BCUT2D eigenvalue weighted by Gasteiger charge is -2.27. The molecule has 1 N–H and O–H groups in total. The maximum atomic E-state index is 12.9. The Labute approximate surface area is 125 Å². The lowest BCUT2D eigenvalue weighted by atomic mass is 9.83. The van der Waals surface area contributed by atoms with Crippen LogP contribution in [-0.4, -0.2) is 20.2 Å². The summed E-state index contributed by atoms with van der Waals surface area (Å²) in [6, 6.07) is 3.68. The first kappa shape index (κ1) is 17.8. The molecular formula is C15H22FNO3S. The fourth-order valence-electron chi connectivity index (χ4n) is 1.81. The molecule has 0 aliphatic carbocycles. The van der Waals surface area contributed by atoms with E-state index in [1.165, 1.54) is 12.1 Å². The van der Waals surface area contributed by atoms with Crippen LogP contribution in [0.2, 0.25) is 0 Å². The average molecular weight is 315 g/mol. The highest BCUT2D eigenvalue weighted by Gasteiger charge is 2.34. The molecule has 0 aliphatic rings. The van der Waals surface area contributed by atoms with Crippen molar-refractivity contribution in [3.8, 4) is 0 Å². The van der Waals surface area contributed by atoms with Crippen molar-refractivity contribution >= 4 is 15.8 Å². The van der Waals surface area contributed by atoms with Crippen molar-refractivity contribution in [1.29, 1.82) is 0 Å². The van der Waals surface area contributed by atoms with E-state index >= 15 is 0 Å². The summed E-state index contributed by atoms with van der Waals surface area (Å²) in [5.41, 5.74) is -0.653. The van der Waals surface area contributed by atoms with Crippen LogP contribution in [-0.2, 0) is 14.8 Å². The Kier molecular flexibility index (Phi) is 5.28. The van der Waals surface area contributed by atoms with Crippen LogP contribution in [0.25, 0.3) is 0 Å². The Balaban J connectivity index is 3.09. The molecule has 6 heteroatoms. The van der Waals surface area contributed by atoms with Crippen LogP contribution < -0.4 is 4.72 Å². The van der Waals surface area contributed by atoms with Crippen LogP contribution in [0.3, 0.4) is 0 Å². The van der Waals surface area contributed by atoms with Crippen molar-refractivity contribution < 1.29 is 17.6 Å². The molecule has 0 aromatic heterocycles. The van der Waals surface area contributed by atoms with Gasteiger partial charge in [0, 0.05) is 5.41 Å². The first-order chi connectivity index (χ1) is 9.45. The number of Topliss-reactive ketones (excluding diaryl/α,β-unsaturated/α-hetero) is 1. The van der Waals surface area contributed by atoms with Gasteiger partial charge in [0.2, 0.25) is 10.0 Å². The van der Waals surface area contributed by atoms with E-state index in [1.54, 1.807) is 34.6 Å². The molecular weight excluding hydrogens is 293 g/mol. The molecule has 0 spiro atoms. The minimum absolute atomic E-state index is 0.0590. The minimum Gasteiger partial charge on any atom is -0.297 e. The van der Waals surface area contributed by atoms with Gasteiger partial charge in [0.05, 0.1) is 10.9 Å². The third-order valence-corrected chi connectivity index (χ3v) is 4.55. The average Bonchev–Trinajstić information content (AvgIpc) is 2.34. The lowest BCUT2D eigenvalue weighted by molar-refractivity contribution is -0.128. The van der Waals surface area contributed by atoms with Gasteiger partial charge in [-0.1, -0.05) is 34.6 Å². The molecule has 1 aromatic rings. The smallest absolute Gasteiger partial charge is 0.241 e. The van der Waals surface area contributed by atoms with E-state index in [1.807, 2.05) is 0 Å². The zero-order valence-electron chi connectivity index (χ0n) is 13.0. The van der Waals surface area contributed by atoms with Gasteiger partial charge >= 0.3 is 0 Å². The van der Waals surface area contributed by atoms with Gasteiger partial charge < -0.3 is 0 Å². The van der Waals surface area contributed by atoms with E-state index in [-0.39, 0.29) is 16.6 Å². The van der Waals surface area contributed by atoms with Gasteiger partial charge in [-0.3, -0.25) is 4.79 Å². The predicted octanol–water partition coefficient (Wildman–Crippen LogP) is 2.74. The Hall–Kier alpha value is -1.27. The summed E-state index contributed by atoms with van der Waals surface area (Å²) in [6.07, 6.45) is 0. The highest BCUT2D eigenvalue weighted by molar-refractivity contribution is 7.89. The summed E-state index contributed by atoms with van der Waals surface area (Å²) in [4.78, 5) is 12.3. The van der Waals surface area contributed by atoms with Gasteiger partial charge in [-0.05, 0) is 30.2 Å². The van der Waals surface area contributed by atoms with Crippen LogP contribution in [0.15, 0.2) is 29.2 Å². The van der Waals surface area contributed by atoms with Crippen molar-refractivity contribution in [2.45, 2.75) is 45.6 Å². The number of nitrogens with one attached hydrogen (secondary N) is 1. The van der Waals surface area contributed by atoms with Crippen LogP contribution in [0.5, 0.6) is 0 Å². The lowest BCUT2D eigenvalue weighted by Crippen LogP contribution is -2.48. The molecule has 0 radical (unpaired) electrons. The molecule has 0 fully saturated rings. The molecule has 0 aliphatic heterocycles. The Morgan fingerprint density at radius 2 is 1.62 bits per heavy atom. The standard InChI is InChI=1S/C15H22FNO3S/c1-10(2)13(14(18)15(3,4)5)17-21(19,20)12-8-6-11(16)7-9-12/h6-10,13,17H,1-5H3. The normalized spacial score (nSPS) is 14.2. The minimum atomic E-state index is -3.86. The molecule has 21 heavy (non-hydrogen) atoms. The van der Waals surface area contributed by atoms with Gasteiger partial charge in [-0.25, -0.2) is 17.5 Å². The van der Waals surface area contributed by atoms with E-state index in [0.717, 1.165) is 12.1 Å². The third-order valence-electron chi connectivity index (χ3n) is 3.09. The fraction of sp³-hybridized carbons (Fsp3) is 0.533. The predicted molar refractivity (Wildman–Crippen MR) is 79.8 cm³/mol. The number of rotatable bonds is 5. The van der Waals surface area contributed by atoms with E-state index in [4.69, 9.17) is 0 Å². The van der Waals surface area contributed by atoms with Crippen molar-refractivity contribution in [3.05, 3.63) is 30.1 Å². The number of hydrogen-bond acceptors (Lipinski definition) is 3. The first-order valence-corrected chi connectivity index (χ1v) is 8.25. The highest BCUT2D eigenvalue weighted by atomic mass is 32.2. The summed E-state index contributed by atoms with van der Waals surface area (Å²) in [7, 11) is -3.86. The van der Waals surface area contributed by atoms with E-state index in [2.05, 4.69) is 4.72 Å². The third kappa shape index (κ3) is 4.61. The Morgan fingerprint density at radius 1 is 1.14 bits per heavy atom. The molecule has 118 valence electrons. The highest BCUT2D eigenvalue weighted by Crippen LogP contribution is 2.22. The van der Waals surface area contributed by atoms with Crippen molar-refractivity contribution in [2.75, 3.05) is 0 Å². The first-order valence-electron chi connectivity index (χ1n) is 6.77. The second kappa shape index (κ2) is 6.23. The van der Waals surface area contributed by atoms with Gasteiger partial charge in [0.1, 0.15) is 5.82 Å². The van der Waals surface area contributed by atoms with Gasteiger partial charge in [-0.2, -0.15) is 0 Å². The van der Waals surface area contributed by atoms with Crippen LogP contribution in [0, 0.1) is 17.2 Å². The maximum Gasteiger partial charge on any atom is 0.241 e. The van der Waals surface area contributed by atoms with Gasteiger partial charge in [0.15, 0.2) is 5.78 Å². The molecule has 0 amide bonds. The number of ketones is 1. The zero-order valence-corrected chi connectivity index (χ0v) is 13.8. The quantitative estimate of drug-likeness (QED) is 0.908. The van der Waals surface area contributed by atoms with Crippen molar-refractivity contribution in [1.82, 2.24) is 4.72 Å². The zero-order chi connectivity index (χ0) is 16.4. The number of carbonyl (C=O) groups excluding carboxylic acids is 1. The summed E-state index contributed by atoms with van der Waals surface area (Å²) < 4.78 is 39.9. The Morgan fingerprint density at radius 3 is 2.00 bits per heavy atom. The molecule has 1 atom stereocenters. The summed E-state index contributed by atoms with van der Waals surface area (Å²) in [5.74, 6) is -0.879. The fourth-order valence-corrected chi connectivity index (χ4v) is 3.15. The van der Waals surface area contributed by atoms with Crippen molar-refractivity contribution in [3.63, 3.8) is 0 Å².